The van der Waals surface area contributed by atoms with Gasteiger partial charge >= 0.3 is 29.6 Å². The molecule has 0 aliphatic heterocycles. The summed E-state index contributed by atoms with van der Waals surface area (Å²) in [5, 5.41) is 0. The first-order chi connectivity index (χ1) is 0. The van der Waals surface area contributed by atoms with Crippen molar-refractivity contribution >= 4 is 0 Å². The summed E-state index contributed by atoms with van der Waals surface area (Å²) < 4.78 is 0. The molecule has 0 saturated carbocycles. The zero-order valence-corrected chi connectivity index (χ0v) is 6.18. The average molecular weight is 160 g/mol. The normalized spacial score (nSPS) is 0. The van der Waals surface area contributed by atoms with Gasteiger partial charge in [-0.25, -0.2) is 0 Å². The van der Waals surface area contributed by atoms with E-state index in [1.165, 1.54) is 0 Å². The zero-order chi connectivity index (χ0) is 0. The minimum Gasteiger partial charge on any atom is -1.00 e. The predicted molar refractivity (Wildman–Crippen MR) is 4.73 cm³/mol. The molecule has 4 heavy (non-hydrogen) atoms. The van der Waals surface area contributed by atoms with E-state index in [0.717, 1.165) is 0 Å². The standard InChI is InChI=1S/Co.Na.Ni.H2O.H/h;;;1H2;/q;+1;;;-1. The Labute approximate surface area is 69.1 Å². The Morgan fingerprint density at radius 2 is 1.25 bits per heavy atom. The molecule has 0 aromatic heterocycles. The molecule has 29 valence electrons. The number of hydrogen-bond acceptors (Lipinski definition) is 0. The van der Waals surface area contributed by atoms with Crippen LogP contribution in [0.3, 0.4) is 0 Å². The molecule has 0 amide bonds. The van der Waals surface area contributed by atoms with E-state index >= 15 is 0 Å². The molecular weight excluding hydrogens is 157 g/mol. The van der Waals surface area contributed by atoms with E-state index in [-0.39, 0.29) is 69.7 Å². The van der Waals surface area contributed by atoms with E-state index in [1.54, 1.807) is 0 Å². The van der Waals surface area contributed by atoms with Gasteiger partial charge < -0.3 is 6.90 Å². The summed E-state index contributed by atoms with van der Waals surface area (Å²) in [5.41, 5.74) is 0. The van der Waals surface area contributed by atoms with Crippen LogP contribution in [0.1, 0.15) is 1.43 Å². The van der Waals surface area contributed by atoms with Crippen LogP contribution in [-0.2, 0) is 33.3 Å². The Bertz CT molecular complexity index is 11.6. The molecule has 0 spiro atoms. The Hall–Kier alpha value is 1.96. The van der Waals surface area contributed by atoms with Crippen molar-refractivity contribution in [3.63, 3.8) is 0 Å². The summed E-state index contributed by atoms with van der Waals surface area (Å²) in [5.74, 6) is 0. The van der Waals surface area contributed by atoms with Gasteiger partial charge in [0.15, 0.2) is 0 Å². The van der Waals surface area contributed by atoms with Crippen LogP contribution in [0.4, 0.5) is 0 Å². The van der Waals surface area contributed by atoms with Gasteiger partial charge in [-0.2, -0.15) is 0 Å². The topological polar surface area (TPSA) is 31.5 Å². The molecule has 0 fully saturated rings. The molecule has 0 heterocycles. The van der Waals surface area contributed by atoms with Gasteiger partial charge in [-0.3, -0.25) is 0 Å². The fourth-order valence-electron chi connectivity index (χ4n) is 0. The summed E-state index contributed by atoms with van der Waals surface area (Å²) in [7, 11) is 0. The maximum absolute atomic E-state index is 0. The number of hydrogen-bond donors (Lipinski definition) is 0. The van der Waals surface area contributed by atoms with Gasteiger partial charge in [0.2, 0.25) is 0 Å². The Morgan fingerprint density at radius 1 is 1.25 bits per heavy atom. The number of rotatable bonds is 0. The molecule has 0 atom stereocenters. The maximum atomic E-state index is 0. The largest absolute Gasteiger partial charge is 1.00 e. The molecule has 0 bridgehead atoms. The summed E-state index contributed by atoms with van der Waals surface area (Å²) in [6.45, 7) is 0. The fourth-order valence-corrected chi connectivity index (χ4v) is 0. The van der Waals surface area contributed by atoms with Gasteiger partial charge in [-0.05, 0) is 0 Å². The van der Waals surface area contributed by atoms with Crippen molar-refractivity contribution in [2.45, 2.75) is 0 Å². The molecule has 0 saturated heterocycles. The molecule has 1 nitrogen and oxygen atoms in total. The second-order valence-corrected chi connectivity index (χ2v) is 0. The van der Waals surface area contributed by atoms with Crippen LogP contribution < -0.4 is 29.6 Å². The molecule has 0 aromatic carbocycles. The third-order valence-corrected chi connectivity index (χ3v) is 0. The smallest absolute Gasteiger partial charge is 1.00 e. The van der Waals surface area contributed by atoms with Crippen LogP contribution in [0, 0.1) is 0 Å². The molecule has 2 N–H and O–H groups in total. The molecule has 1 radical (unpaired) electrons. The summed E-state index contributed by atoms with van der Waals surface area (Å²) >= 11 is 0. The van der Waals surface area contributed by atoms with E-state index in [9.17, 15) is 0 Å². The summed E-state index contributed by atoms with van der Waals surface area (Å²) in [6, 6.07) is 0. The molecule has 0 aliphatic rings. The summed E-state index contributed by atoms with van der Waals surface area (Å²) in [6.07, 6.45) is 0. The molecular formula is H3CoNaNiO. The van der Waals surface area contributed by atoms with Crippen LogP contribution in [-0.4, -0.2) is 5.48 Å². The van der Waals surface area contributed by atoms with E-state index in [2.05, 4.69) is 0 Å². The van der Waals surface area contributed by atoms with Gasteiger partial charge in [0, 0.05) is 33.3 Å². The van der Waals surface area contributed by atoms with Crippen LogP contribution >= 0.6 is 0 Å². The summed E-state index contributed by atoms with van der Waals surface area (Å²) in [4.78, 5) is 0. The van der Waals surface area contributed by atoms with Gasteiger partial charge in [0.1, 0.15) is 0 Å². The predicted octanol–water partition coefficient (Wildman–Crippen LogP) is -3.71. The van der Waals surface area contributed by atoms with Gasteiger partial charge in [-0.1, -0.05) is 0 Å². The fraction of sp³-hybridized carbons (Fsp3) is 0. The SMILES string of the molecule is O.[Co].[H-].[Na+].[Ni]. The van der Waals surface area contributed by atoms with Gasteiger partial charge in [0.25, 0.3) is 0 Å². The van der Waals surface area contributed by atoms with Gasteiger partial charge in [0.05, 0.1) is 0 Å². The minimum atomic E-state index is 0. The van der Waals surface area contributed by atoms with Crippen molar-refractivity contribution in [3.8, 4) is 0 Å². The van der Waals surface area contributed by atoms with Crippen LogP contribution in [0.5, 0.6) is 0 Å². The van der Waals surface area contributed by atoms with E-state index in [4.69, 9.17) is 0 Å². The molecule has 0 unspecified atom stereocenters. The van der Waals surface area contributed by atoms with Gasteiger partial charge in [-0.15, -0.1) is 0 Å². The van der Waals surface area contributed by atoms with E-state index < -0.39 is 0 Å². The third kappa shape index (κ3) is 9.03. The van der Waals surface area contributed by atoms with Crippen molar-refractivity contribution in [3.05, 3.63) is 0 Å². The Balaban J connectivity index is 0. The first-order valence-electron chi connectivity index (χ1n) is 0. The minimum absolute atomic E-state index is 0. The van der Waals surface area contributed by atoms with Crippen molar-refractivity contribution in [1.82, 2.24) is 0 Å². The monoisotopic (exact) mass is 159 g/mol. The van der Waals surface area contributed by atoms with Crippen molar-refractivity contribution in [1.29, 1.82) is 0 Å². The Morgan fingerprint density at radius 3 is 1.25 bits per heavy atom. The zero-order valence-electron chi connectivity index (χ0n) is 3.15. The average Bonchev–Trinajstić information content (AvgIpc) is 0. The molecule has 0 aromatic rings. The first kappa shape index (κ1) is 38.2. The molecule has 4 heteroatoms. The van der Waals surface area contributed by atoms with Crippen molar-refractivity contribution < 1.29 is 69.7 Å². The van der Waals surface area contributed by atoms with Crippen molar-refractivity contribution in [2.75, 3.05) is 0 Å². The van der Waals surface area contributed by atoms with E-state index in [0.29, 0.717) is 0 Å². The molecule has 0 rings (SSSR count). The van der Waals surface area contributed by atoms with Crippen LogP contribution in [0.15, 0.2) is 0 Å². The second-order valence-electron chi connectivity index (χ2n) is 0. The van der Waals surface area contributed by atoms with Crippen molar-refractivity contribution in [2.24, 2.45) is 0 Å². The second kappa shape index (κ2) is 20.2. The third-order valence-electron chi connectivity index (χ3n) is 0. The maximum Gasteiger partial charge on any atom is 1.00 e. The quantitative estimate of drug-likeness (QED) is 0.326. The first-order valence-corrected chi connectivity index (χ1v) is 0. The van der Waals surface area contributed by atoms with E-state index in [1.807, 2.05) is 0 Å². The van der Waals surface area contributed by atoms with Crippen LogP contribution in [0.25, 0.3) is 0 Å². The Kier molecular flexibility index (Phi) is 193. The van der Waals surface area contributed by atoms with Crippen LogP contribution in [0.2, 0.25) is 0 Å². The molecule has 0 aliphatic carbocycles.